The molecule has 1 amide bonds. The standard InChI is InChI=1S/C15H26N2O/c1-2-17-15(18)14(16)8-13-11-4-9-3-10(6-11)7-12(13)5-9/h9-14H,2-8,16H2,1H3,(H,17,18). The summed E-state index contributed by atoms with van der Waals surface area (Å²) in [5, 5.41) is 2.85. The minimum atomic E-state index is -0.285. The maximum Gasteiger partial charge on any atom is 0.236 e. The Kier molecular flexibility index (Phi) is 3.35. The summed E-state index contributed by atoms with van der Waals surface area (Å²) in [5.74, 6) is 4.54. The van der Waals surface area contributed by atoms with E-state index in [1.165, 1.54) is 32.1 Å². The largest absolute Gasteiger partial charge is 0.355 e. The van der Waals surface area contributed by atoms with Gasteiger partial charge in [-0.15, -0.1) is 0 Å². The zero-order chi connectivity index (χ0) is 12.7. The van der Waals surface area contributed by atoms with Crippen LogP contribution in [-0.2, 0) is 4.79 Å². The molecular weight excluding hydrogens is 224 g/mol. The molecule has 4 fully saturated rings. The van der Waals surface area contributed by atoms with E-state index in [1.807, 2.05) is 6.92 Å². The average molecular weight is 250 g/mol. The highest BCUT2D eigenvalue weighted by Crippen LogP contribution is 2.57. The number of amides is 1. The lowest BCUT2D eigenvalue weighted by atomic mass is 9.51. The number of nitrogens with two attached hydrogens (primary N) is 1. The predicted molar refractivity (Wildman–Crippen MR) is 71.8 cm³/mol. The van der Waals surface area contributed by atoms with Crippen molar-refractivity contribution in [3.05, 3.63) is 0 Å². The zero-order valence-corrected chi connectivity index (χ0v) is 11.4. The Morgan fingerprint density at radius 3 is 2.22 bits per heavy atom. The number of carbonyl (C=O) groups is 1. The molecule has 4 bridgehead atoms. The van der Waals surface area contributed by atoms with Crippen molar-refractivity contribution in [1.29, 1.82) is 0 Å². The highest BCUT2D eigenvalue weighted by Gasteiger charge is 2.48. The summed E-state index contributed by atoms with van der Waals surface area (Å²) < 4.78 is 0. The number of nitrogens with one attached hydrogen (secondary N) is 1. The Hall–Kier alpha value is -0.570. The Morgan fingerprint density at radius 2 is 1.72 bits per heavy atom. The first-order chi connectivity index (χ1) is 8.67. The van der Waals surface area contributed by atoms with Crippen LogP contribution in [0.2, 0.25) is 0 Å². The summed E-state index contributed by atoms with van der Waals surface area (Å²) in [5.41, 5.74) is 6.07. The first-order valence-electron chi connectivity index (χ1n) is 7.70. The number of carbonyl (C=O) groups excluding carboxylic acids is 1. The van der Waals surface area contributed by atoms with E-state index in [9.17, 15) is 4.79 Å². The van der Waals surface area contributed by atoms with Crippen molar-refractivity contribution in [1.82, 2.24) is 5.32 Å². The fourth-order valence-electron chi connectivity index (χ4n) is 5.13. The van der Waals surface area contributed by atoms with Crippen molar-refractivity contribution in [2.45, 2.75) is 51.5 Å². The fourth-order valence-corrected chi connectivity index (χ4v) is 5.13. The number of likely N-dealkylation sites (N-methyl/N-ethyl adjacent to an activating group) is 1. The van der Waals surface area contributed by atoms with Crippen molar-refractivity contribution < 1.29 is 4.79 Å². The summed E-state index contributed by atoms with van der Waals surface area (Å²) in [6.45, 7) is 2.64. The second-order valence-corrected chi connectivity index (χ2v) is 6.83. The van der Waals surface area contributed by atoms with Crippen LogP contribution in [0.3, 0.4) is 0 Å². The van der Waals surface area contributed by atoms with Crippen molar-refractivity contribution in [2.24, 2.45) is 35.3 Å². The summed E-state index contributed by atoms with van der Waals surface area (Å²) in [6.07, 6.45) is 8.07. The monoisotopic (exact) mass is 250 g/mol. The lowest BCUT2D eigenvalue weighted by Gasteiger charge is -2.55. The maximum atomic E-state index is 11.8. The lowest BCUT2D eigenvalue weighted by molar-refractivity contribution is -0.123. The first-order valence-corrected chi connectivity index (χ1v) is 7.70. The van der Waals surface area contributed by atoms with Crippen LogP contribution in [0.4, 0.5) is 0 Å². The van der Waals surface area contributed by atoms with Crippen LogP contribution >= 0.6 is 0 Å². The maximum absolute atomic E-state index is 11.8. The van der Waals surface area contributed by atoms with Gasteiger partial charge in [0.1, 0.15) is 0 Å². The van der Waals surface area contributed by atoms with Gasteiger partial charge in [0.05, 0.1) is 6.04 Å². The van der Waals surface area contributed by atoms with Crippen LogP contribution in [0.25, 0.3) is 0 Å². The van der Waals surface area contributed by atoms with Crippen molar-refractivity contribution in [3.63, 3.8) is 0 Å². The van der Waals surface area contributed by atoms with Gasteiger partial charge < -0.3 is 11.1 Å². The molecule has 3 N–H and O–H groups in total. The van der Waals surface area contributed by atoms with Crippen LogP contribution in [0.5, 0.6) is 0 Å². The molecule has 1 atom stereocenters. The van der Waals surface area contributed by atoms with Gasteiger partial charge in [0.2, 0.25) is 5.91 Å². The molecule has 3 heteroatoms. The molecule has 0 aromatic heterocycles. The predicted octanol–water partition coefficient (Wildman–Crippen LogP) is 1.91. The topological polar surface area (TPSA) is 55.1 Å². The Bertz CT molecular complexity index is 300. The second kappa shape index (κ2) is 4.84. The van der Waals surface area contributed by atoms with E-state index >= 15 is 0 Å². The molecule has 4 aliphatic carbocycles. The van der Waals surface area contributed by atoms with E-state index < -0.39 is 0 Å². The Balaban J connectivity index is 1.61. The molecule has 3 nitrogen and oxygen atoms in total. The van der Waals surface area contributed by atoms with Gasteiger partial charge in [-0.3, -0.25) is 4.79 Å². The molecule has 0 saturated heterocycles. The molecule has 0 aromatic rings. The zero-order valence-electron chi connectivity index (χ0n) is 11.4. The smallest absolute Gasteiger partial charge is 0.236 e. The molecular formula is C15H26N2O. The van der Waals surface area contributed by atoms with Crippen LogP contribution in [-0.4, -0.2) is 18.5 Å². The SMILES string of the molecule is CCNC(=O)C(N)CC1C2CC3CC(C2)CC1C3. The summed E-state index contributed by atoms with van der Waals surface area (Å²) >= 11 is 0. The van der Waals surface area contributed by atoms with E-state index in [2.05, 4.69) is 5.32 Å². The van der Waals surface area contributed by atoms with Crippen LogP contribution in [0, 0.1) is 29.6 Å². The molecule has 4 rings (SSSR count). The molecule has 0 heterocycles. The second-order valence-electron chi connectivity index (χ2n) is 6.83. The quantitative estimate of drug-likeness (QED) is 0.801. The van der Waals surface area contributed by atoms with Gasteiger partial charge >= 0.3 is 0 Å². The number of hydrogen-bond acceptors (Lipinski definition) is 2. The van der Waals surface area contributed by atoms with Gasteiger partial charge in [-0.25, -0.2) is 0 Å². The first kappa shape index (κ1) is 12.5. The molecule has 1 unspecified atom stereocenters. The Labute approximate surface area is 110 Å². The number of hydrogen-bond donors (Lipinski definition) is 2. The van der Waals surface area contributed by atoms with Crippen LogP contribution < -0.4 is 11.1 Å². The summed E-state index contributed by atoms with van der Waals surface area (Å²) in [7, 11) is 0. The molecule has 0 spiro atoms. The summed E-state index contributed by atoms with van der Waals surface area (Å²) in [6, 6.07) is -0.285. The molecule has 4 aliphatic rings. The summed E-state index contributed by atoms with van der Waals surface area (Å²) in [4.78, 5) is 11.8. The molecule has 4 saturated carbocycles. The van der Waals surface area contributed by atoms with Crippen molar-refractivity contribution in [2.75, 3.05) is 6.54 Å². The molecule has 18 heavy (non-hydrogen) atoms. The van der Waals surface area contributed by atoms with Gasteiger partial charge in [-0.2, -0.15) is 0 Å². The highest BCUT2D eigenvalue weighted by molar-refractivity contribution is 5.81. The molecule has 0 aliphatic heterocycles. The normalized spacial score (nSPS) is 42.9. The van der Waals surface area contributed by atoms with E-state index in [0.717, 1.165) is 36.0 Å². The van der Waals surface area contributed by atoms with Gasteiger partial charge in [0.25, 0.3) is 0 Å². The van der Waals surface area contributed by atoms with Crippen LogP contribution in [0.1, 0.15) is 45.4 Å². The Morgan fingerprint density at radius 1 is 1.17 bits per heavy atom. The van der Waals surface area contributed by atoms with E-state index in [4.69, 9.17) is 5.73 Å². The van der Waals surface area contributed by atoms with Crippen molar-refractivity contribution in [3.8, 4) is 0 Å². The molecule has 0 aromatic carbocycles. The third-order valence-corrected chi connectivity index (χ3v) is 5.64. The third-order valence-electron chi connectivity index (χ3n) is 5.64. The van der Waals surface area contributed by atoms with Gasteiger partial charge in [-0.1, -0.05) is 0 Å². The van der Waals surface area contributed by atoms with Crippen LogP contribution in [0.15, 0.2) is 0 Å². The molecule has 0 radical (unpaired) electrons. The lowest BCUT2D eigenvalue weighted by Crippen LogP contribution is -2.49. The minimum Gasteiger partial charge on any atom is -0.355 e. The fraction of sp³-hybridized carbons (Fsp3) is 0.933. The highest BCUT2D eigenvalue weighted by atomic mass is 16.2. The van der Waals surface area contributed by atoms with Gasteiger partial charge in [-0.05, 0) is 75.0 Å². The van der Waals surface area contributed by atoms with E-state index in [-0.39, 0.29) is 11.9 Å². The minimum absolute atomic E-state index is 0.0475. The van der Waals surface area contributed by atoms with E-state index in [0.29, 0.717) is 6.54 Å². The van der Waals surface area contributed by atoms with Crippen molar-refractivity contribution >= 4 is 5.91 Å². The molecule has 102 valence electrons. The third kappa shape index (κ3) is 2.18. The van der Waals surface area contributed by atoms with Gasteiger partial charge in [0, 0.05) is 6.54 Å². The van der Waals surface area contributed by atoms with Gasteiger partial charge in [0.15, 0.2) is 0 Å². The number of rotatable bonds is 4. The average Bonchev–Trinajstić information content (AvgIpc) is 2.33. The van der Waals surface area contributed by atoms with E-state index in [1.54, 1.807) is 0 Å².